The summed E-state index contributed by atoms with van der Waals surface area (Å²) in [5.41, 5.74) is 0.516. The van der Waals surface area contributed by atoms with Crippen LogP contribution in [0.3, 0.4) is 0 Å². The highest BCUT2D eigenvalue weighted by Crippen LogP contribution is 2.39. The number of nitrogens with zero attached hydrogens (tertiary/aromatic N) is 2. The van der Waals surface area contributed by atoms with Gasteiger partial charge in [0, 0.05) is 26.2 Å². The first-order valence-corrected chi connectivity index (χ1v) is 10.4. The Morgan fingerprint density at radius 3 is 2.72 bits per heavy atom. The Kier molecular flexibility index (Phi) is 7.69. The largest absolute Gasteiger partial charge is 0.493 e. The molecule has 0 N–H and O–H groups in total. The molecule has 2 fully saturated rings. The van der Waals surface area contributed by atoms with Crippen LogP contribution in [0.2, 0.25) is 5.02 Å². The summed E-state index contributed by atoms with van der Waals surface area (Å²) in [4.78, 5) is 17.0. The number of carbonyl (C=O) groups excluding carboxylic acids is 1. The van der Waals surface area contributed by atoms with E-state index in [9.17, 15) is 13.6 Å². The van der Waals surface area contributed by atoms with Crippen molar-refractivity contribution in [3.05, 3.63) is 27.6 Å². The van der Waals surface area contributed by atoms with Crippen LogP contribution in [0.1, 0.15) is 5.56 Å². The maximum absolute atomic E-state index is 12.8. The number of benzene rings is 1. The number of amides is 1. The van der Waals surface area contributed by atoms with Crippen molar-refractivity contribution >= 4 is 51.9 Å². The minimum atomic E-state index is -3.03. The molecule has 0 bridgehead atoms. The minimum Gasteiger partial charge on any atom is -0.493 e. The van der Waals surface area contributed by atoms with Crippen molar-refractivity contribution < 1.29 is 27.8 Å². The fraction of sp³-hybridized carbons (Fsp3) is 0.444. The van der Waals surface area contributed by atoms with Gasteiger partial charge in [-0.2, -0.15) is 8.78 Å². The summed E-state index contributed by atoms with van der Waals surface area (Å²) in [5.74, 6) is -0.400. The Morgan fingerprint density at radius 2 is 2.07 bits per heavy atom. The third-order valence-electron chi connectivity index (χ3n) is 4.37. The zero-order valence-electron chi connectivity index (χ0n) is 15.5. The molecule has 1 aromatic rings. The van der Waals surface area contributed by atoms with Crippen LogP contribution in [0.5, 0.6) is 11.5 Å². The summed E-state index contributed by atoms with van der Waals surface area (Å²) >= 11 is 12.6. The Bertz CT molecular complexity index is 819. The molecule has 2 aliphatic rings. The smallest absolute Gasteiger partial charge is 0.387 e. The van der Waals surface area contributed by atoms with E-state index in [1.165, 1.54) is 31.0 Å². The monoisotopic (exact) mass is 464 g/mol. The summed E-state index contributed by atoms with van der Waals surface area (Å²) < 4.78 is 40.4. The van der Waals surface area contributed by atoms with Crippen LogP contribution >= 0.6 is 35.6 Å². The van der Waals surface area contributed by atoms with E-state index in [-0.39, 0.29) is 22.4 Å². The Hall–Kier alpha value is -1.46. The number of methoxy groups -OCH3 is 1. The van der Waals surface area contributed by atoms with Gasteiger partial charge in [-0.15, -0.1) is 0 Å². The number of rotatable bonds is 7. The van der Waals surface area contributed by atoms with Crippen LogP contribution in [0.4, 0.5) is 8.78 Å². The normalized spacial score (nSPS) is 19.5. The van der Waals surface area contributed by atoms with Crippen molar-refractivity contribution in [2.24, 2.45) is 0 Å². The minimum absolute atomic E-state index is 0.0429. The van der Waals surface area contributed by atoms with Gasteiger partial charge in [0.2, 0.25) is 0 Å². The number of thiocarbonyl (C=S) groups is 1. The highest BCUT2D eigenvalue weighted by atomic mass is 35.5. The lowest BCUT2D eigenvalue weighted by atomic mass is 10.2. The topological polar surface area (TPSA) is 51.2 Å². The van der Waals surface area contributed by atoms with Gasteiger partial charge in [-0.05, 0) is 23.8 Å². The first-order chi connectivity index (χ1) is 13.9. The van der Waals surface area contributed by atoms with E-state index < -0.39 is 6.61 Å². The number of thioether (sulfide) groups is 1. The van der Waals surface area contributed by atoms with Gasteiger partial charge in [0.05, 0.1) is 30.3 Å². The second-order valence-corrected chi connectivity index (χ2v) is 8.28. The van der Waals surface area contributed by atoms with E-state index in [1.807, 2.05) is 0 Å². The lowest BCUT2D eigenvalue weighted by molar-refractivity contribution is -0.122. The lowest BCUT2D eigenvalue weighted by Crippen LogP contribution is -2.42. The summed E-state index contributed by atoms with van der Waals surface area (Å²) in [7, 11) is 1.32. The molecule has 0 spiro atoms. The third-order valence-corrected chi connectivity index (χ3v) is 6.03. The van der Waals surface area contributed by atoms with Gasteiger partial charge >= 0.3 is 6.61 Å². The van der Waals surface area contributed by atoms with Gasteiger partial charge in [0.1, 0.15) is 4.32 Å². The SMILES string of the molecule is COc1cc(/C=C2/SC(=S)N(CCN3CCOCC3)C2=O)cc(Cl)c1OC(F)F. The fourth-order valence-corrected chi connectivity index (χ4v) is 4.51. The second-order valence-electron chi connectivity index (χ2n) is 6.20. The maximum atomic E-state index is 12.8. The molecule has 0 aliphatic carbocycles. The molecule has 2 saturated heterocycles. The van der Waals surface area contributed by atoms with Crippen molar-refractivity contribution in [3.63, 3.8) is 0 Å². The quantitative estimate of drug-likeness (QED) is 0.452. The zero-order valence-corrected chi connectivity index (χ0v) is 17.9. The van der Waals surface area contributed by atoms with Gasteiger partial charge in [0.15, 0.2) is 11.5 Å². The molecule has 2 heterocycles. The van der Waals surface area contributed by atoms with E-state index in [4.69, 9.17) is 33.3 Å². The van der Waals surface area contributed by atoms with Crippen molar-refractivity contribution in [2.45, 2.75) is 6.61 Å². The Morgan fingerprint density at radius 1 is 1.34 bits per heavy atom. The van der Waals surface area contributed by atoms with Gasteiger partial charge in [-0.1, -0.05) is 35.6 Å². The van der Waals surface area contributed by atoms with Crippen LogP contribution in [-0.4, -0.2) is 73.1 Å². The van der Waals surface area contributed by atoms with Crippen molar-refractivity contribution in [1.82, 2.24) is 9.80 Å². The number of hydrogen-bond donors (Lipinski definition) is 0. The number of carbonyl (C=O) groups is 1. The number of halogens is 3. The number of hydrogen-bond acceptors (Lipinski definition) is 7. The lowest BCUT2D eigenvalue weighted by Gasteiger charge is -2.28. The number of ether oxygens (including phenoxy) is 3. The molecule has 29 heavy (non-hydrogen) atoms. The fourth-order valence-electron chi connectivity index (χ4n) is 2.94. The van der Waals surface area contributed by atoms with E-state index >= 15 is 0 Å². The third kappa shape index (κ3) is 5.58. The molecule has 0 aromatic heterocycles. The van der Waals surface area contributed by atoms with Crippen LogP contribution < -0.4 is 9.47 Å². The molecule has 1 amide bonds. The van der Waals surface area contributed by atoms with Crippen LogP contribution in [-0.2, 0) is 9.53 Å². The zero-order chi connectivity index (χ0) is 21.0. The molecule has 0 radical (unpaired) electrons. The first kappa shape index (κ1) is 22.2. The second kappa shape index (κ2) is 10.0. The van der Waals surface area contributed by atoms with Crippen molar-refractivity contribution in [3.8, 4) is 11.5 Å². The van der Waals surface area contributed by atoms with Crippen molar-refractivity contribution in [2.75, 3.05) is 46.5 Å². The van der Waals surface area contributed by atoms with Crippen molar-refractivity contribution in [1.29, 1.82) is 0 Å². The van der Waals surface area contributed by atoms with Gasteiger partial charge in [-0.3, -0.25) is 14.6 Å². The molecular weight excluding hydrogens is 446 g/mol. The van der Waals surface area contributed by atoms with Crippen LogP contribution in [0.15, 0.2) is 17.0 Å². The highest BCUT2D eigenvalue weighted by Gasteiger charge is 2.32. The van der Waals surface area contributed by atoms with Gasteiger partial charge < -0.3 is 14.2 Å². The number of alkyl halides is 2. The molecule has 0 unspecified atom stereocenters. The van der Waals surface area contributed by atoms with E-state index in [2.05, 4.69) is 9.64 Å². The molecule has 3 rings (SSSR count). The average Bonchev–Trinajstić information content (AvgIpc) is 2.95. The Labute approximate surface area is 181 Å². The highest BCUT2D eigenvalue weighted by molar-refractivity contribution is 8.26. The van der Waals surface area contributed by atoms with E-state index in [1.54, 1.807) is 11.0 Å². The van der Waals surface area contributed by atoms with Crippen LogP contribution in [0, 0.1) is 0 Å². The predicted molar refractivity (Wildman–Crippen MR) is 112 cm³/mol. The van der Waals surface area contributed by atoms with Gasteiger partial charge in [-0.25, -0.2) is 0 Å². The molecule has 11 heteroatoms. The molecule has 1 aromatic carbocycles. The maximum Gasteiger partial charge on any atom is 0.387 e. The molecule has 6 nitrogen and oxygen atoms in total. The summed E-state index contributed by atoms with van der Waals surface area (Å²) in [6.07, 6.45) is 1.61. The van der Waals surface area contributed by atoms with Gasteiger partial charge in [0.25, 0.3) is 5.91 Å². The average molecular weight is 465 g/mol. The molecule has 2 aliphatic heterocycles. The van der Waals surface area contributed by atoms with E-state index in [0.717, 1.165) is 13.1 Å². The molecule has 158 valence electrons. The summed E-state index contributed by atoms with van der Waals surface area (Å²) in [5, 5.41) is -0.0429. The van der Waals surface area contributed by atoms with Crippen LogP contribution in [0.25, 0.3) is 6.08 Å². The first-order valence-electron chi connectivity index (χ1n) is 8.77. The standard InChI is InChI=1S/C18H19ClF2N2O4S2/c1-25-13-9-11(8-12(19)15(13)27-17(20)21)10-14-16(24)23(18(28)29-14)3-2-22-4-6-26-7-5-22/h8-10,17H,2-7H2,1H3/b14-10+. The summed E-state index contributed by atoms with van der Waals surface area (Å²) in [6, 6.07) is 2.91. The summed E-state index contributed by atoms with van der Waals surface area (Å²) in [6.45, 7) is 1.20. The predicted octanol–water partition coefficient (Wildman–Crippen LogP) is 3.48. The molecular formula is C18H19ClF2N2O4S2. The molecule has 0 saturated carbocycles. The molecule has 0 atom stereocenters. The Balaban J connectivity index is 1.73. The van der Waals surface area contributed by atoms with E-state index in [0.29, 0.717) is 41.1 Å². The number of morpholine rings is 1.